The fraction of sp³-hybridized carbons (Fsp3) is 0.788. The molecular weight excluding hydrogens is 522 g/mol. The number of hydrogen-bond donors (Lipinski definition) is 3. The van der Waals surface area contributed by atoms with Gasteiger partial charge in [-0.15, -0.1) is 0 Å². The van der Waals surface area contributed by atoms with Crippen molar-refractivity contribution in [2.75, 3.05) is 5.75 Å². The summed E-state index contributed by atoms with van der Waals surface area (Å²) in [6.45, 7) is 4.41. The highest BCUT2D eigenvalue weighted by Gasteiger charge is 2.24. The number of aliphatic hydroxyl groups excluding tert-OH is 1. The first-order valence-corrected chi connectivity index (χ1v) is 17.8. The molecule has 7 heteroatoms. The molecule has 0 fully saturated rings. The summed E-state index contributed by atoms with van der Waals surface area (Å²) in [5.41, 5.74) is 0. The van der Waals surface area contributed by atoms with Crippen molar-refractivity contribution in [1.29, 1.82) is 0 Å². The number of amides is 1. The first-order valence-electron chi connectivity index (χ1n) is 16.2. The number of rotatable bonds is 28. The summed E-state index contributed by atoms with van der Waals surface area (Å²) in [5.74, 6) is -1.00. The van der Waals surface area contributed by atoms with Crippen LogP contribution in [0.25, 0.3) is 0 Å². The van der Waals surface area contributed by atoms with E-state index in [4.69, 9.17) is 0 Å². The maximum absolute atomic E-state index is 12.4. The van der Waals surface area contributed by atoms with Gasteiger partial charge in [-0.3, -0.25) is 9.35 Å². The Morgan fingerprint density at radius 2 is 1.18 bits per heavy atom. The monoisotopic (exact) mass is 583 g/mol. The van der Waals surface area contributed by atoms with Gasteiger partial charge in [0.15, 0.2) is 0 Å². The SMILES string of the molecule is CCC/C=C\C/C=C\CCCCCCCC(=O)NC(CS(=O)(=O)O)C(O)/C=C/CCCCCCCCCCCC. The number of unbranched alkanes of at least 4 members (excludes halogenated alkanes) is 16. The highest BCUT2D eigenvalue weighted by molar-refractivity contribution is 7.85. The van der Waals surface area contributed by atoms with E-state index in [9.17, 15) is 22.9 Å². The van der Waals surface area contributed by atoms with Crippen LogP contribution in [0, 0.1) is 0 Å². The number of hydrogen-bond acceptors (Lipinski definition) is 4. The Hall–Kier alpha value is -1.44. The topological polar surface area (TPSA) is 104 Å². The fourth-order valence-electron chi connectivity index (χ4n) is 4.60. The zero-order valence-electron chi connectivity index (χ0n) is 25.7. The predicted octanol–water partition coefficient (Wildman–Crippen LogP) is 8.62. The molecule has 0 rings (SSSR count). The first kappa shape index (κ1) is 38.6. The molecule has 0 aliphatic rings. The minimum absolute atomic E-state index is 0.279. The fourth-order valence-corrected chi connectivity index (χ4v) is 5.34. The number of nitrogens with one attached hydrogen (secondary N) is 1. The van der Waals surface area contributed by atoms with E-state index in [2.05, 4.69) is 43.5 Å². The summed E-state index contributed by atoms with van der Waals surface area (Å²) in [6.07, 6.45) is 34.1. The Morgan fingerprint density at radius 1 is 0.675 bits per heavy atom. The molecule has 3 N–H and O–H groups in total. The van der Waals surface area contributed by atoms with Gasteiger partial charge in [0.05, 0.1) is 17.9 Å². The van der Waals surface area contributed by atoms with E-state index in [1.54, 1.807) is 6.08 Å². The van der Waals surface area contributed by atoms with E-state index in [0.29, 0.717) is 6.42 Å². The highest BCUT2D eigenvalue weighted by Crippen LogP contribution is 2.12. The number of aliphatic hydroxyl groups is 1. The molecule has 2 atom stereocenters. The summed E-state index contributed by atoms with van der Waals surface area (Å²) in [7, 11) is -4.34. The molecule has 0 aromatic carbocycles. The standard InChI is InChI=1S/C33H61NO5S/c1-3-5-7-9-11-13-15-17-19-21-23-25-27-29-33(36)34-31(30-40(37,38)39)32(35)28-26-24-22-20-18-16-14-12-10-8-6-4-2/h7,9,13,15,26,28,31-32,35H,3-6,8,10-12,14,16-25,27,29-30H2,1-2H3,(H,34,36)(H,37,38,39)/b9-7-,15-13-,28-26+. The van der Waals surface area contributed by atoms with Gasteiger partial charge in [-0.2, -0.15) is 8.42 Å². The van der Waals surface area contributed by atoms with E-state index >= 15 is 0 Å². The lowest BCUT2D eigenvalue weighted by atomic mass is 10.1. The summed E-state index contributed by atoms with van der Waals surface area (Å²) < 4.78 is 32.2. The minimum atomic E-state index is -4.34. The van der Waals surface area contributed by atoms with Crippen LogP contribution >= 0.6 is 0 Å². The van der Waals surface area contributed by atoms with Crippen molar-refractivity contribution in [2.24, 2.45) is 0 Å². The Labute approximate surface area is 246 Å². The molecule has 0 aliphatic carbocycles. The van der Waals surface area contributed by atoms with Gasteiger partial charge < -0.3 is 10.4 Å². The Kier molecular flexibility index (Phi) is 26.7. The number of allylic oxidation sites excluding steroid dienone is 5. The highest BCUT2D eigenvalue weighted by atomic mass is 32.2. The molecule has 0 aliphatic heterocycles. The zero-order chi connectivity index (χ0) is 29.7. The van der Waals surface area contributed by atoms with Crippen LogP contribution in [-0.4, -0.2) is 41.9 Å². The lowest BCUT2D eigenvalue weighted by Gasteiger charge is -2.21. The van der Waals surface area contributed by atoms with Crippen LogP contribution < -0.4 is 5.32 Å². The Bertz CT molecular complexity index is 776. The van der Waals surface area contributed by atoms with Crippen LogP contribution in [-0.2, 0) is 14.9 Å². The third-order valence-corrected chi connectivity index (χ3v) is 7.82. The van der Waals surface area contributed by atoms with Gasteiger partial charge in [0.2, 0.25) is 5.91 Å². The van der Waals surface area contributed by atoms with E-state index in [1.807, 2.05) is 6.08 Å². The van der Waals surface area contributed by atoms with E-state index in [1.165, 1.54) is 57.8 Å². The molecule has 0 aromatic heterocycles. The lowest BCUT2D eigenvalue weighted by Crippen LogP contribution is -2.46. The average molecular weight is 584 g/mol. The van der Waals surface area contributed by atoms with Crippen LogP contribution in [0.15, 0.2) is 36.5 Å². The van der Waals surface area contributed by atoms with Crippen LogP contribution in [0.5, 0.6) is 0 Å². The van der Waals surface area contributed by atoms with Gasteiger partial charge in [0, 0.05) is 6.42 Å². The molecule has 0 aromatic rings. The van der Waals surface area contributed by atoms with Crippen molar-refractivity contribution in [2.45, 2.75) is 161 Å². The smallest absolute Gasteiger partial charge is 0.267 e. The van der Waals surface area contributed by atoms with Crippen molar-refractivity contribution in [3.63, 3.8) is 0 Å². The van der Waals surface area contributed by atoms with Gasteiger partial charge in [-0.25, -0.2) is 0 Å². The molecule has 0 spiro atoms. The van der Waals surface area contributed by atoms with E-state index < -0.39 is 28.0 Å². The molecule has 234 valence electrons. The van der Waals surface area contributed by atoms with Crippen molar-refractivity contribution in [3.8, 4) is 0 Å². The van der Waals surface area contributed by atoms with Gasteiger partial charge in [-0.05, 0) is 44.9 Å². The van der Waals surface area contributed by atoms with Crippen LogP contribution in [0.3, 0.4) is 0 Å². The van der Waals surface area contributed by atoms with Crippen molar-refractivity contribution in [3.05, 3.63) is 36.5 Å². The summed E-state index contributed by atoms with van der Waals surface area (Å²) in [5, 5.41) is 13.1. The third-order valence-electron chi connectivity index (χ3n) is 7.04. The van der Waals surface area contributed by atoms with E-state index in [-0.39, 0.29) is 12.3 Å². The predicted molar refractivity (Wildman–Crippen MR) is 170 cm³/mol. The van der Waals surface area contributed by atoms with Gasteiger partial charge in [0.25, 0.3) is 10.1 Å². The molecule has 40 heavy (non-hydrogen) atoms. The van der Waals surface area contributed by atoms with Crippen molar-refractivity contribution < 1.29 is 22.9 Å². The van der Waals surface area contributed by atoms with E-state index in [0.717, 1.165) is 64.2 Å². The first-order chi connectivity index (χ1) is 19.3. The van der Waals surface area contributed by atoms with Crippen molar-refractivity contribution >= 4 is 16.0 Å². The maximum atomic E-state index is 12.4. The van der Waals surface area contributed by atoms with Crippen LogP contribution in [0.1, 0.15) is 149 Å². The third kappa shape index (κ3) is 28.1. The Morgan fingerprint density at radius 3 is 1.73 bits per heavy atom. The summed E-state index contributed by atoms with van der Waals surface area (Å²) in [6, 6.07) is -1.06. The second-order valence-electron chi connectivity index (χ2n) is 11.1. The molecule has 0 saturated heterocycles. The minimum Gasteiger partial charge on any atom is -0.387 e. The van der Waals surface area contributed by atoms with Gasteiger partial charge >= 0.3 is 0 Å². The molecule has 0 heterocycles. The number of carbonyl (C=O) groups excluding carboxylic acids is 1. The molecule has 0 bridgehead atoms. The lowest BCUT2D eigenvalue weighted by molar-refractivity contribution is -0.122. The van der Waals surface area contributed by atoms with Crippen LogP contribution in [0.2, 0.25) is 0 Å². The average Bonchev–Trinajstić information content (AvgIpc) is 2.90. The molecular formula is C33H61NO5S. The van der Waals surface area contributed by atoms with Crippen LogP contribution in [0.4, 0.5) is 0 Å². The molecule has 0 radical (unpaired) electrons. The summed E-state index contributed by atoms with van der Waals surface area (Å²) >= 11 is 0. The second-order valence-corrected chi connectivity index (χ2v) is 12.6. The summed E-state index contributed by atoms with van der Waals surface area (Å²) in [4.78, 5) is 12.4. The van der Waals surface area contributed by atoms with Gasteiger partial charge in [-0.1, -0.05) is 134 Å². The van der Waals surface area contributed by atoms with Crippen molar-refractivity contribution in [1.82, 2.24) is 5.32 Å². The second kappa shape index (κ2) is 27.7. The largest absolute Gasteiger partial charge is 0.387 e. The molecule has 0 saturated carbocycles. The molecule has 2 unspecified atom stereocenters. The Balaban J connectivity index is 4.10. The quantitative estimate of drug-likeness (QED) is 0.0486. The maximum Gasteiger partial charge on any atom is 0.267 e. The zero-order valence-corrected chi connectivity index (χ0v) is 26.5. The van der Waals surface area contributed by atoms with Gasteiger partial charge in [0.1, 0.15) is 0 Å². The normalized spacial score (nSPS) is 14.0. The molecule has 6 nitrogen and oxygen atoms in total. The molecule has 1 amide bonds. The number of carbonyl (C=O) groups is 1.